The van der Waals surface area contributed by atoms with E-state index in [-0.39, 0.29) is 113 Å². The van der Waals surface area contributed by atoms with Crippen molar-refractivity contribution in [2.24, 2.45) is 0 Å². The molecule has 0 aliphatic heterocycles. The minimum absolute atomic E-state index is 0. The molecule has 0 saturated heterocycles. The molecule has 1 saturated carbocycles. The smallest absolute Gasteiger partial charge is 0 e. The average molecular weight is 204 g/mol. The zero-order valence-corrected chi connectivity index (χ0v) is 7.42. The van der Waals surface area contributed by atoms with E-state index in [0.29, 0.717) is 0 Å². The summed E-state index contributed by atoms with van der Waals surface area (Å²) in [6, 6.07) is 0. The van der Waals surface area contributed by atoms with Crippen LogP contribution in [0, 0.1) is 113 Å². The maximum absolute atomic E-state index is 1.50. The van der Waals surface area contributed by atoms with Crippen LogP contribution in [0.3, 0.4) is 0 Å². The number of hydrogen-bond donors (Lipinski definition) is 0. The third kappa shape index (κ3) is 11.8. The minimum atomic E-state index is 0. The van der Waals surface area contributed by atoms with Crippen LogP contribution >= 0.6 is 0 Å². The summed E-state index contributed by atoms with van der Waals surface area (Å²) >= 11 is 0. The van der Waals surface area contributed by atoms with Crippen molar-refractivity contribution in [1.29, 1.82) is 0 Å². The van der Waals surface area contributed by atoms with Crippen LogP contribution in [0.1, 0.15) is 38.5 Å². The molecule has 0 spiro atoms. The summed E-state index contributed by atoms with van der Waals surface area (Å²) in [5, 5.41) is 0. The molecule has 0 bridgehead atoms. The van der Waals surface area contributed by atoms with E-state index in [2.05, 4.69) is 0 Å². The second kappa shape index (κ2) is 14.3. The van der Waals surface area contributed by atoms with Gasteiger partial charge in [0.15, 0.2) is 0 Å². The predicted molar refractivity (Wildman–Crippen MR) is 27.7 cm³/mol. The Hall–Kier alpha value is 3.78. The van der Waals surface area contributed by atoms with Crippen molar-refractivity contribution < 1.29 is 113 Å². The van der Waals surface area contributed by atoms with E-state index in [9.17, 15) is 0 Å². The summed E-state index contributed by atoms with van der Waals surface area (Å²) in [6.07, 6.45) is 9.00. The molecule has 0 N–H and O–H groups in total. The van der Waals surface area contributed by atoms with Gasteiger partial charge in [-0.25, -0.2) is 0 Å². The Morgan fingerprint density at radius 1 is 0.333 bits per heavy atom. The molecule has 1 rings (SSSR count). The van der Waals surface area contributed by atoms with Gasteiger partial charge in [0.05, 0.1) is 0 Å². The third-order valence-electron chi connectivity index (χ3n) is 1.50. The standard InChI is InChI=1S/C6H12.3Ar/c1-2-4-6-5-3-1;;;/h1-6H2;;;. The Balaban J connectivity index is -0.000000120. The Bertz CT molecular complexity index is 23.8. The number of rotatable bonds is 0. The molecule has 0 aromatic carbocycles. The first-order valence-electron chi connectivity index (χ1n) is 3.00. The molecule has 0 aromatic rings. The van der Waals surface area contributed by atoms with E-state index < -0.39 is 0 Å². The molecule has 9 heavy (non-hydrogen) atoms. The fourth-order valence-electron chi connectivity index (χ4n) is 1.06. The first-order chi connectivity index (χ1) is 3.00. The second-order valence-corrected chi connectivity index (χ2v) is 2.12. The van der Waals surface area contributed by atoms with Crippen LogP contribution in [0.2, 0.25) is 0 Å². The molecule has 60 valence electrons. The van der Waals surface area contributed by atoms with Crippen LogP contribution in [0.15, 0.2) is 0 Å². The van der Waals surface area contributed by atoms with Gasteiger partial charge in [-0.1, -0.05) is 38.5 Å². The Morgan fingerprint density at radius 3 is 0.556 bits per heavy atom. The summed E-state index contributed by atoms with van der Waals surface area (Å²) in [5.74, 6) is 0. The third-order valence-corrected chi connectivity index (χ3v) is 1.50. The fourth-order valence-corrected chi connectivity index (χ4v) is 1.06. The molecular weight excluding hydrogens is 192 g/mol. The first kappa shape index (κ1) is 18.5. The van der Waals surface area contributed by atoms with Gasteiger partial charge in [-0.05, 0) is 0 Å². The van der Waals surface area contributed by atoms with Crippen molar-refractivity contribution in [2.45, 2.75) is 38.5 Å². The van der Waals surface area contributed by atoms with Gasteiger partial charge in [0, 0.05) is 113 Å². The van der Waals surface area contributed by atoms with Gasteiger partial charge < -0.3 is 0 Å². The van der Waals surface area contributed by atoms with E-state index in [4.69, 9.17) is 0 Å². The summed E-state index contributed by atoms with van der Waals surface area (Å²) in [6.45, 7) is 0. The molecule has 0 aromatic heterocycles. The van der Waals surface area contributed by atoms with Crippen molar-refractivity contribution in [3.63, 3.8) is 0 Å². The molecule has 0 atom stereocenters. The zero-order chi connectivity index (χ0) is 4.24. The monoisotopic (exact) mass is 204 g/mol. The van der Waals surface area contributed by atoms with Crippen LogP contribution in [0.25, 0.3) is 0 Å². The van der Waals surface area contributed by atoms with E-state index >= 15 is 0 Å². The van der Waals surface area contributed by atoms with E-state index in [1.54, 1.807) is 0 Å². The van der Waals surface area contributed by atoms with Crippen LogP contribution in [-0.4, -0.2) is 0 Å². The summed E-state index contributed by atoms with van der Waals surface area (Å²) in [5.41, 5.74) is 0. The largest absolute Gasteiger partial charge is 0.0533 e. The van der Waals surface area contributed by atoms with Crippen molar-refractivity contribution in [3.8, 4) is 0 Å². The second-order valence-electron chi connectivity index (χ2n) is 2.12. The van der Waals surface area contributed by atoms with Crippen molar-refractivity contribution in [2.75, 3.05) is 0 Å². The SMILES string of the molecule is C1CCCCC1.[Ar].[Ar].[Ar]. The quantitative estimate of drug-likeness (QED) is 0.568. The summed E-state index contributed by atoms with van der Waals surface area (Å²) < 4.78 is 0. The molecule has 3 heteroatoms. The normalized spacial score (nSPS) is 16.0. The maximum atomic E-state index is 1.50. The Kier molecular flexibility index (Phi) is 29.5. The van der Waals surface area contributed by atoms with Crippen LogP contribution in [0.4, 0.5) is 0 Å². The van der Waals surface area contributed by atoms with Gasteiger partial charge in [-0.2, -0.15) is 0 Å². The van der Waals surface area contributed by atoms with E-state index in [1.807, 2.05) is 0 Å². The minimum Gasteiger partial charge on any atom is -0.0533 e. The van der Waals surface area contributed by atoms with Gasteiger partial charge in [0.1, 0.15) is 0 Å². The van der Waals surface area contributed by atoms with Crippen molar-refractivity contribution >= 4 is 0 Å². The van der Waals surface area contributed by atoms with Gasteiger partial charge in [-0.3, -0.25) is 0 Å². The molecule has 0 radical (unpaired) electrons. The average Bonchev–Trinajstić information content (AvgIpc) is 1.72. The molecule has 0 unspecified atom stereocenters. The Labute approximate surface area is 148 Å². The molecule has 1 aliphatic rings. The first-order valence-corrected chi connectivity index (χ1v) is 3.00. The molecule has 0 nitrogen and oxygen atoms in total. The predicted octanol–water partition coefficient (Wildman–Crippen LogP) is 2.34. The molecule has 0 heterocycles. The topological polar surface area (TPSA) is 0 Å². The van der Waals surface area contributed by atoms with E-state index in [0.717, 1.165) is 0 Å². The molecular formula is C6H12Ar3. The fraction of sp³-hybridized carbons (Fsp3) is 1.00. The summed E-state index contributed by atoms with van der Waals surface area (Å²) in [4.78, 5) is 0. The number of hydrogen-bond acceptors (Lipinski definition) is 0. The van der Waals surface area contributed by atoms with Gasteiger partial charge >= 0.3 is 0 Å². The van der Waals surface area contributed by atoms with E-state index in [1.165, 1.54) is 38.5 Å². The van der Waals surface area contributed by atoms with Crippen LogP contribution in [0.5, 0.6) is 0 Å². The molecule has 1 aliphatic carbocycles. The van der Waals surface area contributed by atoms with Gasteiger partial charge in [0.2, 0.25) is 0 Å². The zero-order valence-electron chi connectivity index (χ0n) is 5.30. The van der Waals surface area contributed by atoms with Crippen LogP contribution < -0.4 is 0 Å². The maximum Gasteiger partial charge on any atom is 0 e. The Morgan fingerprint density at radius 2 is 0.444 bits per heavy atom. The van der Waals surface area contributed by atoms with Crippen molar-refractivity contribution in [1.82, 2.24) is 0 Å². The van der Waals surface area contributed by atoms with Gasteiger partial charge in [-0.15, -0.1) is 0 Å². The summed E-state index contributed by atoms with van der Waals surface area (Å²) in [7, 11) is 0. The molecule has 0 amide bonds. The van der Waals surface area contributed by atoms with Crippen LogP contribution in [-0.2, 0) is 0 Å². The van der Waals surface area contributed by atoms with Crippen molar-refractivity contribution in [3.05, 3.63) is 0 Å². The van der Waals surface area contributed by atoms with Gasteiger partial charge in [0.25, 0.3) is 0 Å². The molecule has 1 fully saturated rings.